The lowest BCUT2D eigenvalue weighted by Crippen LogP contribution is -1.93. The molecule has 3 N–H and O–H groups in total. The Labute approximate surface area is 125 Å². The van der Waals surface area contributed by atoms with Crippen molar-refractivity contribution in [1.82, 2.24) is 0 Å². The second-order valence-corrected chi connectivity index (χ2v) is 5.17. The van der Waals surface area contributed by atoms with Crippen LogP contribution in [-0.4, -0.2) is 15.3 Å². The van der Waals surface area contributed by atoms with Crippen LogP contribution in [0.5, 0.6) is 17.2 Å². The molecule has 21 heavy (non-hydrogen) atoms. The van der Waals surface area contributed by atoms with Crippen molar-refractivity contribution in [2.75, 3.05) is 0 Å². The maximum absolute atomic E-state index is 10.4. The Morgan fingerprint density at radius 2 is 1.33 bits per heavy atom. The number of benzene rings is 2. The Kier molecular flexibility index (Phi) is 4.41. The summed E-state index contributed by atoms with van der Waals surface area (Å²) in [6, 6.07) is 7.29. The summed E-state index contributed by atoms with van der Waals surface area (Å²) in [5.74, 6) is -0.424. The van der Waals surface area contributed by atoms with Crippen molar-refractivity contribution in [3.8, 4) is 28.4 Å². The average molecular weight is 286 g/mol. The summed E-state index contributed by atoms with van der Waals surface area (Å²) in [5, 5.41) is 30.4. The van der Waals surface area contributed by atoms with Gasteiger partial charge < -0.3 is 15.3 Å². The van der Waals surface area contributed by atoms with E-state index in [-0.39, 0.29) is 17.2 Å². The zero-order valence-corrected chi connectivity index (χ0v) is 12.8. The zero-order valence-electron chi connectivity index (χ0n) is 12.8. The molecule has 0 aromatic heterocycles. The number of aryl methyl sites for hydroxylation is 3. The van der Waals surface area contributed by atoms with Gasteiger partial charge in [-0.15, -0.1) is 0 Å². The molecule has 2 rings (SSSR count). The van der Waals surface area contributed by atoms with Crippen LogP contribution in [0.4, 0.5) is 0 Å². The van der Waals surface area contributed by atoms with E-state index in [1.165, 1.54) is 17.2 Å². The van der Waals surface area contributed by atoms with Crippen LogP contribution in [0.2, 0.25) is 0 Å². The van der Waals surface area contributed by atoms with Crippen molar-refractivity contribution in [2.45, 2.75) is 40.0 Å². The van der Waals surface area contributed by atoms with Gasteiger partial charge in [0.2, 0.25) is 0 Å². The normalized spacial score (nSPS) is 10.8. The first-order valence-corrected chi connectivity index (χ1v) is 7.42. The molecule has 0 aliphatic heterocycles. The molecule has 0 unspecified atom stereocenters. The fraction of sp³-hybridized carbons (Fsp3) is 0.333. The van der Waals surface area contributed by atoms with Crippen molar-refractivity contribution >= 4 is 0 Å². The third-order valence-electron chi connectivity index (χ3n) is 3.97. The van der Waals surface area contributed by atoms with E-state index in [1.54, 1.807) is 0 Å². The van der Waals surface area contributed by atoms with Gasteiger partial charge in [-0.25, -0.2) is 0 Å². The number of phenolic OH excluding ortho intramolecular Hbond substituents is 3. The maximum Gasteiger partial charge on any atom is 0.169 e. The van der Waals surface area contributed by atoms with E-state index in [0.717, 1.165) is 18.4 Å². The van der Waals surface area contributed by atoms with Crippen LogP contribution >= 0.6 is 0 Å². The van der Waals surface area contributed by atoms with Crippen LogP contribution in [0.3, 0.4) is 0 Å². The van der Waals surface area contributed by atoms with Crippen molar-refractivity contribution in [2.24, 2.45) is 0 Å². The SMILES string of the molecule is CCc1ccc(-c2c(O)c(O)cc(CC)c2O)cc1CC. The summed E-state index contributed by atoms with van der Waals surface area (Å²) in [7, 11) is 0. The van der Waals surface area contributed by atoms with E-state index in [2.05, 4.69) is 13.8 Å². The third-order valence-corrected chi connectivity index (χ3v) is 3.97. The first-order chi connectivity index (χ1) is 10.0. The van der Waals surface area contributed by atoms with Gasteiger partial charge >= 0.3 is 0 Å². The van der Waals surface area contributed by atoms with Gasteiger partial charge in [-0.3, -0.25) is 0 Å². The summed E-state index contributed by atoms with van der Waals surface area (Å²) >= 11 is 0. The van der Waals surface area contributed by atoms with E-state index in [0.29, 0.717) is 17.5 Å². The molecule has 0 amide bonds. The standard InChI is InChI=1S/C18H22O3/c1-4-11-7-8-14(9-12(11)5-2)16-17(20)13(6-3)10-15(19)18(16)21/h7-10,19-21H,4-6H2,1-3H3. The largest absolute Gasteiger partial charge is 0.507 e. The fourth-order valence-electron chi connectivity index (χ4n) is 2.70. The molecule has 3 heteroatoms. The Hall–Kier alpha value is -2.16. The molecule has 2 aromatic carbocycles. The molecule has 0 saturated carbocycles. The van der Waals surface area contributed by atoms with Gasteiger partial charge in [0.25, 0.3) is 0 Å². The van der Waals surface area contributed by atoms with Crippen LogP contribution in [0, 0.1) is 0 Å². The predicted molar refractivity (Wildman–Crippen MR) is 85.0 cm³/mol. The van der Waals surface area contributed by atoms with Gasteiger partial charge in [0.05, 0.1) is 5.56 Å². The van der Waals surface area contributed by atoms with Crippen molar-refractivity contribution in [1.29, 1.82) is 0 Å². The highest BCUT2D eigenvalue weighted by Crippen LogP contribution is 2.45. The zero-order chi connectivity index (χ0) is 15.6. The molecule has 0 aliphatic carbocycles. The van der Waals surface area contributed by atoms with Crippen LogP contribution in [0.1, 0.15) is 37.5 Å². The molecular formula is C18H22O3. The smallest absolute Gasteiger partial charge is 0.169 e. The Balaban J connectivity index is 2.69. The van der Waals surface area contributed by atoms with Crippen LogP contribution in [-0.2, 0) is 19.3 Å². The van der Waals surface area contributed by atoms with Crippen LogP contribution < -0.4 is 0 Å². The number of hydrogen-bond acceptors (Lipinski definition) is 3. The molecule has 0 radical (unpaired) electrons. The van der Waals surface area contributed by atoms with Gasteiger partial charge in [-0.2, -0.15) is 0 Å². The van der Waals surface area contributed by atoms with Crippen molar-refractivity contribution in [3.63, 3.8) is 0 Å². The summed E-state index contributed by atoms with van der Waals surface area (Å²) in [6.45, 7) is 6.08. The summed E-state index contributed by atoms with van der Waals surface area (Å²) in [4.78, 5) is 0. The molecule has 0 saturated heterocycles. The van der Waals surface area contributed by atoms with Gasteiger partial charge in [0.1, 0.15) is 5.75 Å². The second kappa shape index (κ2) is 6.08. The molecule has 0 fully saturated rings. The lowest BCUT2D eigenvalue weighted by molar-refractivity contribution is 0.397. The summed E-state index contributed by atoms with van der Waals surface area (Å²) < 4.78 is 0. The number of phenols is 3. The monoisotopic (exact) mass is 286 g/mol. The molecular weight excluding hydrogens is 264 g/mol. The molecule has 3 nitrogen and oxygen atoms in total. The molecule has 0 atom stereocenters. The lowest BCUT2D eigenvalue weighted by Gasteiger charge is -2.15. The molecule has 0 heterocycles. The van der Waals surface area contributed by atoms with Crippen LogP contribution in [0.15, 0.2) is 24.3 Å². The minimum atomic E-state index is -0.268. The quantitative estimate of drug-likeness (QED) is 0.584. The van der Waals surface area contributed by atoms with Gasteiger partial charge in [0, 0.05) is 0 Å². The number of aromatic hydroxyl groups is 3. The third kappa shape index (κ3) is 2.68. The molecule has 112 valence electrons. The van der Waals surface area contributed by atoms with E-state index in [4.69, 9.17) is 0 Å². The summed E-state index contributed by atoms with van der Waals surface area (Å²) in [6.07, 6.45) is 2.42. The van der Waals surface area contributed by atoms with Gasteiger partial charge in [-0.1, -0.05) is 39.0 Å². The van der Waals surface area contributed by atoms with E-state index >= 15 is 0 Å². The minimum absolute atomic E-state index is 0.0408. The van der Waals surface area contributed by atoms with Gasteiger partial charge in [-0.05, 0) is 47.6 Å². The predicted octanol–water partition coefficient (Wildman–Crippen LogP) is 4.16. The molecule has 2 aromatic rings. The average Bonchev–Trinajstić information content (AvgIpc) is 2.50. The first kappa shape index (κ1) is 15.2. The Morgan fingerprint density at radius 1 is 0.714 bits per heavy atom. The van der Waals surface area contributed by atoms with Crippen LogP contribution in [0.25, 0.3) is 11.1 Å². The highest BCUT2D eigenvalue weighted by atomic mass is 16.3. The first-order valence-electron chi connectivity index (χ1n) is 7.42. The van der Waals surface area contributed by atoms with E-state index < -0.39 is 0 Å². The Morgan fingerprint density at radius 3 is 1.90 bits per heavy atom. The highest BCUT2D eigenvalue weighted by molar-refractivity contribution is 5.81. The lowest BCUT2D eigenvalue weighted by atomic mass is 9.93. The number of rotatable bonds is 4. The molecule has 0 bridgehead atoms. The van der Waals surface area contributed by atoms with E-state index in [9.17, 15) is 15.3 Å². The molecule has 0 spiro atoms. The van der Waals surface area contributed by atoms with Gasteiger partial charge in [0.15, 0.2) is 11.5 Å². The number of hydrogen-bond donors (Lipinski definition) is 3. The maximum atomic E-state index is 10.4. The highest BCUT2D eigenvalue weighted by Gasteiger charge is 2.18. The Bertz CT molecular complexity index is 660. The topological polar surface area (TPSA) is 60.7 Å². The van der Waals surface area contributed by atoms with Crippen molar-refractivity contribution in [3.05, 3.63) is 41.0 Å². The minimum Gasteiger partial charge on any atom is -0.507 e. The van der Waals surface area contributed by atoms with Crippen molar-refractivity contribution < 1.29 is 15.3 Å². The second-order valence-electron chi connectivity index (χ2n) is 5.17. The van der Waals surface area contributed by atoms with E-state index in [1.807, 2.05) is 25.1 Å². The fourth-order valence-corrected chi connectivity index (χ4v) is 2.70. The summed E-state index contributed by atoms with van der Waals surface area (Å²) in [5.41, 5.74) is 4.11. The molecule has 0 aliphatic rings.